The molecule has 0 unspecified atom stereocenters. The SMILES string of the molecule is Nc1ncc(-c2cccc(OCC(=O)O)c2)cc1-c1nc2ccccc2s1. The number of hydrogen-bond acceptors (Lipinski definition) is 6. The van der Waals surface area contributed by atoms with E-state index in [4.69, 9.17) is 15.6 Å². The number of carboxylic acids is 1. The average molecular weight is 377 g/mol. The molecule has 7 heteroatoms. The van der Waals surface area contributed by atoms with Crippen LogP contribution in [0, 0.1) is 0 Å². The molecule has 134 valence electrons. The van der Waals surface area contributed by atoms with Crippen molar-refractivity contribution in [2.24, 2.45) is 0 Å². The van der Waals surface area contributed by atoms with Crippen molar-refractivity contribution in [2.75, 3.05) is 12.3 Å². The van der Waals surface area contributed by atoms with E-state index in [9.17, 15) is 4.79 Å². The summed E-state index contributed by atoms with van der Waals surface area (Å²) in [6.45, 7) is -0.388. The van der Waals surface area contributed by atoms with Gasteiger partial charge in [0.2, 0.25) is 0 Å². The number of anilines is 1. The van der Waals surface area contributed by atoms with E-state index in [-0.39, 0.29) is 6.61 Å². The van der Waals surface area contributed by atoms with Crippen LogP contribution in [0.4, 0.5) is 5.82 Å². The lowest BCUT2D eigenvalue weighted by Crippen LogP contribution is -2.09. The van der Waals surface area contributed by atoms with Crippen molar-refractivity contribution in [3.63, 3.8) is 0 Å². The zero-order chi connectivity index (χ0) is 18.8. The van der Waals surface area contributed by atoms with E-state index in [1.807, 2.05) is 36.4 Å². The standard InChI is InChI=1S/C20H15N3O3S/c21-19-15(20-23-16-6-1-2-7-17(16)27-20)9-13(10-22-19)12-4-3-5-14(8-12)26-11-18(24)25/h1-10H,11H2,(H2,21,22)(H,24,25). The van der Waals surface area contributed by atoms with Crippen molar-refractivity contribution < 1.29 is 14.6 Å². The molecule has 4 rings (SSSR count). The number of carbonyl (C=O) groups is 1. The predicted octanol–water partition coefficient (Wildman–Crippen LogP) is 4.07. The van der Waals surface area contributed by atoms with Crippen LogP contribution in [0.2, 0.25) is 0 Å². The first-order valence-electron chi connectivity index (χ1n) is 8.16. The monoisotopic (exact) mass is 377 g/mol. The van der Waals surface area contributed by atoms with Crippen LogP contribution < -0.4 is 10.5 Å². The minimum atomic E-state index is -1.02. The van der Waals surface area contributed by atoms with Gasteiger partial charge in [-0.1, -0.05) is 24.3 Å². The maximum absolute atomic E-state index is 10.7. The number of benzene rings is 2. The van der Waals surface area contributed by atoms with Gasteiger partial charge in [0.15, 0.2) is 6.61 Å². The molecule has 2 heterocycles. The largest absolute Gasteiger partial charge is 0.482 e. The fourth-order valence-corrected chi connectivity index (χ4v) is 3.69. The van der Waals surface area contributed by atoms with Crippen LogP contribution in [0.1, 0.15) is 0 Å². The molecule has 0 atom stereocenters. The van der Waals surface area contributed by atoms with E-state index < -0.39 is 5.97 Å². The summed E-state index contributed by atoms with van der Waals surface area (Å²) in [6, 6.07) is 17.1. The molecule has 0 aliphatic carbocycles. The average Bonchev–Trinajstić information content (AvgIpc) is 3.11. The zero-order valence-electron chi connectivity index (χ0n) is 14.1. The molecule has 0 spiro atoms. The maximum atomic E-state index is 10.7. The predicted molar refractivity (Wildman–Crippen MR) is 106 cm³/mol. The Morgan fingerprint density at radius 2 is 1.96 bits per heavy atom. The lowest BCUT2D eigenvalue weighted by molar-refractivity contribution is -0.139. The Bertz CT molecular complexity index is 1110. The summed E-state index contributed by atoms with van der Waals surface area (Å²) in [7, 11) is 0. The molecule has 0 bridgehead atoms. The number of rotatable bonds is 5. The number of aliphatic carboxylic acids is 1. The van der Waals surface area contributed by atoms with Gasteiger partial charge in [-0.15, -0.1) is 11.3 Å². The first-order chi connectivity index (χ1) is 13.1. The summed E-state index contributed by atoms with van der Waals surface area (Å²) < 4.78 is 6.34. The number of aromatic nitrogens is 2. The van der Waals surface area contributed by atoms with Crippen LogP contribution in [0.25, 0.3) is 31.9 Å². The number of nitrogen functional groups attached to an aromatic ring is 1. The number of nitrogens with two attached hydrogens (primary N) is 1. The van der Waals surface area contributed by atoms with Gasteiger partial charge in [-0.25, -0.2) is 14.8 Å². The summed E-state index contributed by atoms with van der Waals surface area (Å²) in [4.78, 5) is 19.7. The molecule has 27 heavy (non-hydrogen) atoms. The van der Waals surface area contributed by atoms with Crippen molar-refractivity contribution in [2.45, 2.75) is 0 Å². The Morgan fingerprint density at radius 1 is 1.11 bits per heavy atom. The van der Waals surface area contributed by atoms with Gasteiger partial charge in [-0.05, 0) is 35.9 Å². The number of thiazole rings is 1. The summed E-state index contributed by atoms with van der Waals surface area (Å²) in [5.74, 6) is -0.128. The Hall–Kier alpha value is -3.45. The van der Waals surface area contributed by atoms with Crippen LogP contribution in [-0.4, -0.2) is 27.7 Å². The second kappa shape index (κ2) is 7.05. The third-order valence-electron chi connectivity index (χ3n) is 3.97. The Morgan fingerprint density at radius 3 is 2.78 bits per heavy atom. The smallest absolute Gasteiger partial charge is 0.341 e. The minimum absolute atomic E-state index is 0.388. The summed E-state index contributed by atoms with van der Waals surface area (Å²) >= 11 is 1.56. The third kappa shape index (κ3) is 3.58. The molecule has 2 aromatic carbocycles. The van der Waals surface area contributed by atoms with Crippen molar-refractivity contribution in [3.05, 3.63) is 60.8 Å². The number of nitrogens with zero attached hydrogens (tertiary/aromatic N) is 2. The number of fused-ring (bicyclic) bond motifs is 1. The van der Waals surface area contributed by atoms with E-state index in [1.165, 1.54) is 0 Å². The molecule has 4 aromatic rings. The van der Waals surface area contributed by atoms with Crippen molar-refractivity contribution in [1.82, 2.24) is 9.97 Å². The quantitative estimate of drug-likeness (QED) is 0.544. The molecule has 0 aliphatic heterocycles. The molecule has 0 amide bonds. The maximum Gasteiger partial charge on any atom is 0.341 e. The highest BCUT2D eigenvalue weighted by atomic mass is 32.1. The lowest BCUT2D eigenvalue weighted by atomic mass is 10.1. The Balaban J connectivity index is 1.72. The first kappa shape index (κ1) is 17.0. The molecule has 6 nitrogen and oxygen atoms in total. The normalized spacial score (nSPS) is 10.8. The van der Waals surface area contributed by atoms with Gasteiger partial charge in [0.1, 0.15) is 16.6 Å². The number of carboxylic acid groups (broad SMARTS) is 1. The van der Waals surface area contributed by atoms with Crippen LogP contribution in [-0.2, 0) is 4.79 Å². The first-order valence-corrected chi connectivity index (χ1v) is 8.98. The molecule has 2 aromatic heterocycles. The van der Waals surface area contributed by atoms with Gasteiger partial charge in [0.25, 0.3) is 0 Å². The van der Waals surface area contributed by atoms with Crippen molar-refractivity contribution in [1.29, 1.82) is 0 Å². The fourth-order valence-electron chi connectivity index (χ4n) is 2.70. The zero-order valence-corrected chi connectivity index (χ0v) is 14.9. The van der Waals surface area contributed by atoms with Gasteiger partial charge >= 0.3 is 5.97 Å². The highest BCUT2D eigenvalue weighted by Crippen LogP contribution is 2.35. The van der Waals surface area contributed by atoms with Crippen LogP contribution in [0.15, 0.2) is 60.8 Å². The molecular weight excluding hydrogens is 362 g/mol. The second-order valence-corrected chi connectivity index (χ2v) is 6.88. The molecule has 0 radical (unpaired) electrons. The minimum Gasteiger partial charge on any atom is -0.482 e. The summed E-state index contributed by atoms with van der Waals surface area (Å²) in [5.41, 5.74) is 9.49. The van der Waals surface area contributed by atoms with Crippen molar-refractivity contribution >= 4 is 33.3 Å². The summed E-state index contributed by atoms with van der Waals surface area (Å²) in [5, 5.41) is 9.57. The van der Waals surface area contributed by atoms with E-state index in [2.05, 4.69) is 9.97 Å². The highest BCUT2D eigenvalue weighted by molar-refractivity contribution is 7.21. The second-order valence-electron chi connectivity index (χ2n) is 5.85. The van der Waals surface area contributed by atoms with E-state index in [0.717, 1.165) is 31.9 Å². The Labute approximate surface area is 158 Å². The number of hydrogen-bond donors (Lipinski definition) is 2. The van der Waals surface area contributed by atoms with E-state index >= 15 is 0 Å². The van der Waals surface area contributed by atoms with Gasteiger partial charge in [-0.3, -0.25) is 0 Å². The van der Waals surface area contributed by atoms with Crippen LogP contribution in [0.3, 0.4) is 0 Å². The van der Waals surface area contributed by atoms with Gasteiger partial charge in [0, 0.05) is 11.8 Å². The fraction of sp³-hybridized carbons (Fsp3) is 0.0500. The lowest BCUT2D eigenvalue weighted by Gasteiger charge is -2.08. The van der Waals surface area contributed by atoms with Crippen LogP contribution >= 0.6 is 11.3 Å². The number of ether oxygens (including phenoxy) is 1. The number of para-hydroxylation sites is 1. The molecule has 3 N–H and O–H groups in total. The topological polar surface area (TPSA) is 98.3 Å². The molecule has 0 saturated heterocycles. The third-order valence-corrected chi connectivity index (χ3v) is 5.04. The molecule has 0 saturated carbocycles. The summed E-state index contributed by atoms with van der Waals surface area (Å²) in [6.07, 6.45) is 1.68. The molecule has 0 aliphatic rings. The van der Waals surface area contributed by atoms with E-state index in [0.29, 0.717) is 11.6 Å². The van der Waals surface area contributed by atoms with E-state index in [1.54, 1.807) is 35.7 Å². The molecular formula is C20H15N3O3S. The van der Waals surface area contributed by atoms with Crippen LogP contribution in [0.5, 0.6) is 5.75 Å². The highest BCUT2D eigenvalue weighted by Gasteiger charge is 2.12. The molecule has 0 fully saturated rings. The van der Waals surface area contributed by atoms with Crippen molar-refractivity contribution in [3.8, 4) is 27.4 Å². The van der Waals surface area contributed by atoms with Gasteiger partial charge in [-0.2, -0.15) is 0 Å². The Kier molecular flexibility index (Phi) is 4.43. The van der Waals surface area contributed by atoms with Gasteiger partial charge in [0.05, 0.1) is 15.8 Å². The van der Waals surface area contributed by atoms with Gasteiger partial charge < -0.3 is 15.6 Å². The number of pyridine rings is 1.